The second-order valence-electron chi connectivity index (χ2n) is 4.05. The first kappa shape index (κ1) is 13.7. The van der Waals surface area contributed by atoms with Gasteiger partial charge in [0, 0.05) is 11.4 Å². The fourth-order valence-corrected chi connectivity index (χ4v) is 3.08. The van der Waals surface area contributed by atoms with Crippen molar-refractivity contribution in [2.75, 3.05) is 13.7 Å². The largest absolute Gasteiger partial charge is 0.468 e. The lowest BCUT2D eigenvalue weighted by atomic mass is 10.1. The number of carbonyl (C=O) groups excluding carboxylic acids is 1. The predicted octanol–water partition coefficient (Wildman–Crippen LogP) is 1.45. The van der Waals surface area contributed by atoms with Gasteiger partial charge < -0.3 is 10.5 Å². The quantitative estimate of drug-likeness (QED) is 0.859. The lowest BCUT2D eigenvalue weighted by molar-refractivity contribution is -0.139. The molecule has 2 rings (SSSR count). The highest BCUT2D eigenvalue weighted by Gasteiger charge is 2.25. The molecule has 0 aliphatic rings. The van der Waals surface area contributed by atoms with Crippen LogP contribution in [0.4, 0.5) is 0 Å². The van der Waals surface area contributed by atoms with Gasteiger partial charge in [0.15, 0.2) is 0 Å². The van der Waals surface area contributed by atoms with E-state index in [1.54, 1.807) is 6.07 Å². The molecule has 2 atom stereocenters. The zero-order valence-corrected chi connectivity index (χ0v) is 11.4. The number of esters is 1. The Balaban J connectivity index is 2.37. The molecule has 0 saturated heterocycles. The summed E-state index contributed by atoms with van der Waals surface area (Å²) in [5.41, 5.74) is 5.51. The molecule has 2 unspecified atom stereocenters. The number of methoxy groups -OCH3 is 1. The number of hydrogen-bond acceptors (Lipinski definition) is 4. The van der Waals surface area contributed by atoms with Crippen LogP contribution in [0.25, 0.3) is 10.8 Å². The first-order valence-electron chi connectivity index (χ1n) is 5.84. The van der Waals surface area contributed by atoms with Crippen LogP contribution in [-0.2, 0) is 20.3 Å². The maximum absolute atomic E-state index is 12.4. The summed E-state index contributed by atoms with van der Waals surface area (Å²) in [4.78, 5) is 12.1. The second kappa shape index (κ2) is 5.95. The van der Waals surface area contributed by atoms with Crippen LogP contribution in [0.2, 0.25) is 0 Å². The van der Waals surface area contributed by atoms with Gasteiger partial charge in [0.05, 0.1) is 17.9 Å². The van der Waals surface area contributed by atoms with Crippen molar-refractivity contribution < 1.29 is 13.7 Å². The van der Waals surface area contributed by atoms with Gasteiger partial charge in [-0.05, 0) is 22.9 Å². The lowest BCUT2D eigenvalue weighted by Crippen LogP contribution is -2.34. The molecule has 0 fully saturated rings. The maximum atomic E-state index is 12.4. The minimum Gasteiger partial charge on any atom is -0.468 e. The van der Waals surface area contributed by atoms with E-state index in [4.69, 9.17) is 5.73 Å². The number of nitrogens with two attached hydrogens (primary N) is 1. The molecular formula is C14H15NO3S. The maximum Gasteiger partial charge on any atom is 0.323 e. The Bertz CT molecular complexity index is 627. The van der Waals surface area contributed by atoms with Crippen LogP contribution in [-0.4, -0.2) is 29.1 Å². The van der Waals surface area contributed by atoms with Crippen LogP contribution in [0.15, 0.2) is 47.4 Å². The number of benzene rings is 2. The molecule has 0 aliphatic carbocycles. The van der Waals surface area contributed by atoms with Gasteiger partial charge in [0.2, 0.25) is 0 Å². The van der Waals surface area contributed by atoms with Crippen LogP contribution in [0.1, 0.15) is 0 Å². The van der Waals surface area contributed by atoms with Gasteiger partial charge in [-0.3, -0.25) is 9.00 Å². The van der Waals surface area contributed by atoms with Crippen molar-refractivity contribution in [3.63, 3.8) is 0 Å². The molecule has 0 bridgehead atoms. The van der Waals surface area contributed by atoms with E-state index in [0.29, 0.717) is 4.90 Å². The van der Waals surface area contributed by atoms with E-state index in [0.717, 1.165) is 10.8 Å². The minimum atomic E-state index is -1.51. The summed E-state index contributed by atoms with van der Waals surface area (Å²) in [5, 5.41) is 1.21. The van der Waals surface area contributed by atoms with Gasteiger partial charge in [-0.15, -0.1) is 0 Å². The fraction of sp³-hybridized carbons (Fsp3) is 0.214. The molecule has 2 N–H and O–H groups in total. The molecule has 2 aromatic carbocycles. The molecule has 0 spiro atoms. The molecule has 0 amide bonds. The van der Waals surface area contributed by atoms with Crippen LogP contribution >= 0.6 is 0 Å². The highest BCUT2D eigenvalue weighted by Crippen LogP contribution is 2.20. The highest BCUT2D eigenvalue weighted by molar-refractivity contribution is 7.86. The van der Waals surface area contributed by atoms with E-state index in [-0.39, 0.29) is 6.54 Å². The summed E-state index contributed by atoms with van der Waals surface area (Å²) in [7, 11) is -0.240. The van der Waals surface area contributed by atoms with E-state index in [9.17, 15) is 9.00 Å². The van der Waals surface area contributed by atoms with Gasteiger partial charge in [-0.1, -0.05) is 30.3 Å². The van der Waals surface area contributed by atoms with Crippen LogP contribution < -0.4 is 5.73 Å². The standard InChI is InChI=1S/C14H15NO3S/c1-18-14(16)13(9-15)19(17)12-7-6-10-4-2-3-5-11(10)8-12/h2-8,13H,9,15H2,1H3. The third-order valence-corrected chi connectivity index (χ3v) is 4.51. The molecule has 2 aromatic rings. The number of hydrogen-bond donors (Lipinski definition) is 1. The van der Waals surface area contributed by atoms with Gasteiger partial charge in [-0.25, -0.2) is 0 Å². The number of carbonyl (C=O) groups is 1. The summed E-state index contributed by atoms with van der Waals surface area (Å²) in [6.07, 6.45) is 0. The third-order valence-electron chi connectivity index (χ3n) is 2.89. The molecule has 4 nitrogen and oxygen atoms in total. The summed E-state index contributed by atoms with van der Waals surface area (Å²) in [5.74, 6) is -0.547. The van der Waals surface area contributed by atoms with Gasteiger partial charge in [0.1, 0.15) is 5.25 Å². The molecule has 19 heavy (non-hydrogen) atoms. The average Bonchev–Trinajstić information content (AvgIpc) is 2.47. The van der Waals surface area contributed by atoms with Crippen LogP contribution in [0.5, 0.6) is 0 Å². The van der Waals surface area contributed by atoms with Crippen molar-refractivity contribution >= 4 is 27.5 Å². The molecule has 0 saturated carbocycles. The lowest BCUT2D eigenvalue weighted by Gasteiger charge is -2.12. The number of ether oxygens (including phenoxy) is 1. The first-order valence-corrected chi connectivity index (χ1v) is 7.06. The zero-order chi connectivity index (χ0) is 13.8. The van der Waals surface area contributed by atoms with Crippen LogP contribution in [0, 0.1) is 0 Å². The molecule has 0 heterocycles. The van der Waals surface area contributed by atoms with Crippen molar-refractivity contribution in [1.82, 2.24) is 0 Å². The Morgan fingerprint density at radius 3 is 2.58 bits per heavy atom. The third kappa shape index (κ3) is 2.83. The smallest absolute Gasteiger partial charge is 0.323 e. The molecule has 5 heteroatoms. The topological polar surface area (TPSA) is 69.4 Å². The number of rotatable bonds is 4. The second-order valence-corrected chi connectivity index (χ2v) is 5.69. The highest BCUT2D eigenvalue weighted by atomic mass is 32.2. The zero-order valence-electron chi connectivity index (χ0n) is 10.5. The van der Waals surface area contributed by atoms with E-state index in [2.05, 4.69) is 4.74 Å². The van der Waals surface area contributed by atoms with Crippen LogP contribution in [0.3, 0.4) is 0 Å². The Morgan fingerprint density at radius 1 is 1.26 bits per heavy atom. The Morgan fingerprint density at radius 2 is 1.95 bits per heavy atom. The summed E-state index contributed by atoms with van der Waals surface area (Å²) in [6, 6.07) is 13.2. The van der Waals surface area contributed by atoms with Crippen molar-refractivity contribution in [3.8, 4) is 0 Å². The summed E-state index contributed by atoms with van der Waals surface area (Å²) >= 11 is 0. The normalized spacial score (nSPS) is 14.0. The van der Waals surface area contributed by atoms with E-state index in [1.807, 2.05) is 36.4 Å². The summed E-state index contributed by atoms with van der Waals surface area (Å²) < 4.78 is 17.0. The van der Waals surface area contributed by atoms with Crippen molar-refractivity contribution in [2.24, 2.45) is 5.73 Å². The van der Waals surface area contributed by atoms with E-state index < -0.39 is 22.0 Å². The van der Waals surface area contributed by atoms with Gasteiger partial charge >= 0.3 is 5.97 Å². The molecule has 100 valence electrons. The Labute approximate surface area is 114 Å². The monoisotopic (exact) mass is 277 g/mol. The first-order chi connectivity index (χ1) is 9.17. The summed E-state index contributed by atoms with van der Waals surface area (Å²) in [6.45, 7) is -0.00783. The average molecular weight is 277 g/mol. The molecular weight excluding hydrogens is 262 g/mol. The predicted molar refractivity (Wildman–Crippen MR) is 75.2 cm³/mol. The molecule has 0 aliphatic heterocycles. The Hall–Kier alpha value is -1.72. The molecule has 0 radical (unpaired) electrons. The van der Waals surface area contributed by atoms with Crippen molar-refractivity contribution in [1.29, 1.82) is 0 Å². The fourth-order valence-electron chi connectivity index (χ4n) is 1.86. The van der Waals surface area contributed by atoms with E-state index in [1.165, 1.54) is 7.11 Å². The molecule has 0 aromatic heterocycles. The SMILES string of the molecule is COC(=O)C(CN)S(=O)c1ccc2ccccc2c1. The van der Waals surface area contributed by atoms with Crippen molar-refractivity contribution in [3.05, 3.63) is 42.5 Å². The van der Waals surface area contributed by atoms with Gasteiger partial charge in [-0.2, -0.15) is 0 Å². The van der Waals surface area contributed by atoms with Crippen molar-refractivity contribution in [2.45, 2.75) is 10.1 Å². The number of fused-ring (bicyclic) bond motifs is 1. The minimum absolute atomic E-state index is 0.00783. The van der Waals surface area contributed by atoms with E-state index >= 15 is 0 Å². The van der Waals surface area contributed by atoms with Gasteiger partial charge in [0.25, 0.3) is 0 Å². The Kier molecular flexibility index (Phi) is 4.29.